The van der Waals surface area contributed by atoms with Crippen molar-refractivity contribution in [2.45, 2.75) is 39.0 Å². The van der Waals surface area contributed by atoms with Crippen LogP contribution in [0, 0.1) is 12.7 Å². The molecule has 1 fully saturated rings. The predicted octanol–water partition coefficient (Wildman–Crippen LogP) is 3.15. The van der Waals surface area contributed by atoms with E-state index in [1.54, 1.807) is 15.5 Å². The minimum Gasteiger partial charge on any atom is -0.338 e. The lowest BCUT2D eigenvalue weighted by atomic mass is 9.93. The van der Waals surface area contributed by atoms with Crippen molar-refractivity contribution in [1.82, 2.24) is 24.5 Å². The molecule has 3 heterocycles. The Hall–Kier alpha value is -2.83. The number of amides is 1. The van der Waals surface area contributed by atoms with Crippen molar-refractivity contribution in [2.75, 3.05) is 13.1 Å². The van der Waals surface area contributed by atoms with E-state index in [-0.39, 0.29) is 17.4 Å². The van der Waals surface area contributed by atoms with E-state index in [0.29, 0.717) is 18.9 Å². The summed E-state index contributed by atoms with van der Waals surface area (Å²) >= 11 is 0. The fourth-order valence-electron chi connectivity index (χ4n) is 3.78. The lowest BCUT2D eigenvalue weighted by Crippen LogP contribution is -2.40. The molecule has 1 aliphatic rings. The summed E-state index contributed by atoms with van der Waals surface area (Å²) in [4.78, 5) is 23.2. The third-order valence-corrected chi connectivity index (χ3v) is 5.21. The number of carbonyl (C=O) groups excluding carboxylic acids is 1. The Labute approximate surface area is 157 Å². The van der Waals surface area contributed by atoms with Gasteiger partial charge < -0.3 is 4.90 Å². The summed E-state index contributed by atoms with van der Waals surface area (Å²) in [5.74, 6) is -0.0124. The van der Waals surface area contributed by atoms with Gasteiger partial charge in [-0.05, 0) is 49.9 Å². The van der Waals surface area contributed by atoms with Crippen LogP contribution in [0.5, 0.6) is 0 Å². The highest BCUT2D eigenvalue weighted by Gasteiger charge is 2.28. The number of halogens is 1. The Balaban J connectivity index is 1.61. The topological polar surface area (TPSA) is 63.4 Å². The Bertz CT molecular complexity index is 999. The van der Waals surface area contributed by atoms with Crippen molar-refractivity contribution in [1.29, 1.82) is 0 Å². The van der Waals surface area contributed by atoms with Gasteiger partial charge in [-0.15, -0.1) is 0 Å². The lowest BCUT2D eigenvalue weighted by Gasteiger charge is -2.33. The van der Waals surface area contributed by atoms with Crippen molar-refractivity contribution in [3.05, 3.63) is 58.9 Å². The zero-order valence-corrected chi connectivity index (χ0v) is 15.5. The normalized spacial score (nSPS) is 17.4. The van der Waals surface area contributed by atoms with E-state index in [2.05, 4.69) is 15.1 Å². The van der Waals surface area contributed by atoms with E-state index in [9.17, 15) is 9.18 Å². The van der Waals surface area contributed by atoms with Crippen molar-refractivity contribution in [2.24, 2.45) is 0 Å². The smallest absolute Gasteiger partial charge is 0.256 e. The summed E-state index contributed by atoms with van der Waals surface area (Å²) < 4.78 is 16.1. The molecule has 140 valence electrons. The number of piperidine rings is 1. The summed E-state index contributed by atoms with van der Waals surface area (Å²) in [5, 5.41) is 4.28. The zero-order chi connectivity index (χ0) is 19.0. The van der Waals surface area contributed by atoms with Gasteiger partial charge >= 0.3 is 0 Å². The van der Waals surface area contributed by atoms with Crippen molar-refractivity contribution in [3.63, 3.8) is 0 Å². The van der Waals surface area contributed by atoms with Crippen LogP contribution in [0.2, 0.25) is 0 Å². The van der Waals surface area contributed by atoms with Crippen molar-refractivity contribution in [3.8, 4) is 0 Å². The maximum absolute atomic E-state index is 14.4. The second-order valence-electron chi connectivity index (χ2n) is 7.05. The average molecular weight is 367 g/mol. The van der Waals surface area contributed by atoms with Crippen LogP contribution in [-0.2, 0) is 6.42 Å². The van der Waals surface area contributed by atoms with Gasteiger partial charge in [-0.25, -0.2) is 13.9 Å². The molecule has 0 radical (unpaired) electrons. The number of carbonyl (C=O) groups is 1. The van der Waals surface area contributed by atoms with Crippen LogP contribution >= 0.6 is 0 Å². The third kappa shape index (κ3) is 3.29. The second kappa shape index (κ2) is 7.06. The highest BCUT2D eigenvalue weighted by atomic mass is 19.1. The van der Waals surface area contributed by atoms with Gasteiger partial charge in [-0.3, -0.25) is 4.79 Å². The number of hydrogen-bond donors (Lipinski definition) is 0. The average Bonchev–Trinajstić information content (AvgIpc) is 3.15. The minimum atomic E-state index is -0.445. The van der Waals surface area contributed by atoms with E-state index in [1.165, 1.54) is 12.4 Å². The Morgan fingerprint density at radius 3 is 2.96 bits per heavy atom. The largest absolute Gasteiger partial charge is 0.338 e. The molecule has 0 spiro atoms. The SMILES string of the molecule is CCc1ccc(C(=O)N2CCCC(c3cc(C)nc4ncnn34)C2)c(F)c1. The number of fused-ring (bicyclic) bond motifs is 1. The highest BCUT2D eigenvalue weighted by molar-refractivity contribution is 5.94. The van der Waals surface area contributed by atoms with Gasteiger partial charge in [0, 0.05) is 24.7 Å². The number of hydrogen-bond acceptors (Lipinski definition) is 4. The molecule has 1 atom stereocenters. The van der Waals surface area contributed by atoms with Crippen LogP contribution in [0.3, 0.4) is 0 Å². The quantitative estimate of drug-likeness (QED) is 0.713. The van der Waals surface area contributed by atoms with Gasteiger partial charge in [0.1, 0.15) is 12.1 Å². The van der Waals surface area contributed by atoms with E-state index < -0.39 is 5.82 Å². The summed E-state index contributed by atoms with van der Waals surface area (Å²) in [6.45, 7) is 5.06. The van der Waals surface area contributed by atoms with E-state index >= 15 is 0 Å². The van der Waals surface area contributed by atoms with Crippen LogP contribution in [0.1, 0.15) is 53.0 Å². The molecule has 1 amide bonds. The van der Waals surface area contributed by atoms with Gasteiger partial charge in [0.15, 0.2) is 0 Å². The van der Waals surface area contributed by atoms with E-state index in [0.717, 1.165) is 36.2 Å². The molecule has 2 aromatic heterocycles. The molecule has 0 N–H and O–H groups in total. The van der Waals surface area contributed by atoms with Crippen molar-refractivity contribution >= 4 is 11.7 Å². The first kappa shape index (κ1) is 17.6. The summed E-state index contributed by atoms with van der Waals surface area (Å²) in [6, 6.07) is 6.88. The molecule has 1 aliphatic heterocycles. The fraction of sp³-hybridized carbons (Fsp3) is 0.400. The standard InChI is InChI=1S/C20H22FN5O/c1-3-14-6-7-16(17(21)10-14)19(27)25-8-4-5-15(11-25)18-9-13(2)24-20-22-12-23-26(18)20/h6-7,9-10,12,15H,3-5,8,11H2,1-2H3. The number of aromatic nitrogens is 4. The van der Waals surface area contributed by atoms with Gasteiger partial charge in [0.05, 0.1) is 11.3 Å². The number of aryl methyl sites for hydroxylation is 2. The Morgan fingerprint density at radius 2 is 2.19 bits per heavy atom. The molecule has 0 aliphatic carbocycles. The molecule has 3 aromatic rings. The van der Waals surface area contributed by atoms with Crippen LogP contribution in [0.25, 0.3) is 5.78 Å². The molecule has 4 rings (SSSR count). The zero-order valence-electron chi connectivity index (χ0n) is 15.5. The van der Waals surface area contributed by atoms with Crippen molar-refractivity contribution < 1.29 is 9.18 Å². The Kier molecular flexibility index (Phi) is 4.59. The molecule has 1 aromatic carbocycles. The molecular formula is C20H22FN5O. The first-order valence-electron chi connectivity index (χ1n) is 9.31. The highest BCUT2D eigenvalue weighted by Crippen LogP contribution is 2.28. The third-order valence-electron chi connectivity index (χ3n) is 5.21. The predicted molar refractivity (Wildman–Crippen MR) is 99.2 cm³/mol. The van der Waals surface area contributed by atoms with E-state index in [1.807, 2.05) is 26.0 Å². The van der Waals surface area contributed by atoms with Crippen LogP contribution in [0.15, 0.2) is 30.6 Å². The molecular weight excluding hydrogens is 345 g/mol. The van der Waals surface area contributed by atoms with Crippen LogP contribution in [0.4, 0.5) is 4.39 Å². The molecule has 0 saturated carbocycles. The summed E-state index contributed by atoms with van der Waals surface area (Å²) in [7, 11) is 0. The number of nitrogens with zero attached hydrogens (tertiary/aromatic N) is 5. The number of rotatable bonds is 3. The minimum absolute atomic E-state index is 0.117. The van der Waals surface area contributed by atoms with Gasteiger partial charge in [-0.1, -0.05) is 13.0 Å². The molecule has 27 heavy (non-hydrogen) atoms. The van der Waals surface area contributed by atoms with Gasteiger partial charge in [0.2, 0.25) is 0 Å². The molecule has 7 heteroatoms. The maximum Gasteiger partial charge on any atom is 0.256 e. The first-order valence-corrected chi connectivity index (χ1v) is 9.31. The summed E-state index contributed by atoms with van der Waals surface area (Å²) in [6.07, 6.45) is 4.04. The Morgan fingerprint density at radius 1 is 1.33 bits per heavy atom. The molecule has 1 unspecified atom stereocenters. The fourth-order valence-corrected chi connectivity index (χ4v) is 3.78. The molecule has 1 saturated heterocycles. The van der Waals surface area contributed by atoms with Gasteiger partial charge in [0.25, 0.3) is 11.7 Å². The second-order valence-corrected chi connectivity index (χ2v) is 7.05. The number of benzene rings is 1. The lowest BCUT2D eigenvalue weighted by molar-refractivity contribution is 0.0700. The monoisotopic (exact) mass is 367 g/mol. The molecule has 6 nitrogen and oxygen atoms in total. The number of likely N-dealkylation sites (tertiary alicyclic amines) is 1. The first-order chi connectivity index (χ1) is 13.1. The molecule has 0 bridgehead atoms. The van der Waals surface area contributed by atoms with Crippen LogP contribution < -0.4 is 0 Å². The summed E-state index contributed by atoms with van der Waals surface area (Å²) in [5.41, 5.74) is 2.90. The van der Waals surface area contributed by atoms with E-state index in [4.69, 9.17) is 0 Å². The van der Waals surface area contributed by atoms with Crippen LogP contribution in [-0.4, -0.2) is 43.5 Å². The maximum atomic E-state index is 14.4. The van der Waals surface area contributed by atoms with Gasteiger partial charge in [-0.2, -0.15) is 10.1 Å².